The van der Waals surface area contributed by atoms with Crippen molar-refractivity contribution in [2.45, 2.75) is 78.6 Å². The van der Waals surface area contributed by atoms with Crippen LogP contribution < -0.4 is 0 Å². The number of amides is 1. The largest absolute Gasteiger partial charge is 0.465 e. The molecule has 0 bridgehead atoms. The Bertz CT molecular complexity index is 525. The number of benzene rings is 1. The van der Waals surface area contributed by atoms with Crippen LogP contribution in [0.1, 0.15) is 59.9 Å². The SMILES string of the molecule is CC[C@@H]([C@@H](CC(C)C)N(O)Cc1ccccc1)N(C(=O)O)C(C)(C)C. The zero-order valence-electron chi connectivity index (χ0n) is 16.4. The van der Waals surface area contributed by atoms with Gasteiger partial charge in [0.25, 0.3) is 0 Å². The number of hydrogen-bond donors (Lipinski definition) is 2. The number of carbonyl (C=O) groups is 1. The number of carboxylic acid groups (broad SMARTS) is 1. The molecule has 25 heavy (non-hydrogen) atoms. The van der Waals surface area contributed by atoms with E-state index in [1.54, 1.807) is 0 Å². The summed E-state index contributed by atoms with van der Waals surface area (Å²) in [6.07, 6.45) is 0.426. The van der Waals surface area contributed by atoms with E-state index in [-0.39, 0.29) is 12.1 Å². The second-order valence-electron chi connectivity index (χ2n) is 8.08. The molecule has 1 aromatic carbocycles. The molecule has 0 aromatic heterocycles. The van der Waals surface area contributed by atoms with Gasteiger partial charge < -0.3 is 10.3 Å². The van der Waals surface area contributed by atoms with Crippen LogP contribution in [-0.4, -0.2) is 44.0 Å². The molecular formula is C20H34N2O3. The quantitative estimate of drug-likeness (QED) is 0.658. The number of nitrogens with zero attached hydrogens (tertiary/aromatic N) is 2. The molecule has 2 atom stereocenters. The molecule has 0 radical (unpaired) electrons. The van der Waals surface area contributed by atoms with Gasteiger partial charge in [-0.25, -0.2) is 4.79 Å². The average Bonchev–Trinajstić information content (AvgIpc) is 2.49. The molecule has 1 aromatic rings. The van der Waals surface area contributed by atoms with Crippen LogP contribution in [0.2, 0.25) is 0 Å². The fourth-order valence-electron chi connectivity index (χ4n) is 3.40. The van der Waals surface area contributed by atoms with Crippen molar-refractivity contribution in [3.05, 3.63) is 35.9 Å². The predicted octanol–water partition coefficient (Wildman–Crippen LogP) is 4.85. The Kier molecular flexibility index (Phi) is 7.90. The molecule has 0 aliphatic heterocycles. The van der Waals surface area contributed by atoms with E-state index < -0.39 is 11.6 Å². The molecule has 0 saturated carbocycles. The number of rotatable bonds is 8. The Hall–Kier alpha value is -1.59. The van der Waals surface area contributed by atoms with E-state index in [0.717, 1.165) is 12.0 Å². The highest BCUT2D eigenvalue weighted by atomic mass is 16.5. The van der Waals surface area contributed by atoms with Crippen LogP contribution in [0.3, 0.4) is 0 Å². The van der Waals surface area contributed by atoms with Gasteiger partial charge >= 0.3 is 6.09 Å². The monoisotopic (exact) mass is 350 g/mol. The first-order valence-corrected chi connectivity index (χ1v) is 9.09. The maximum absolute atomic E-state index is 11.9. The normalized spacial score (nSPS) is 14.6. The van der Waals surface area contributed by atoms with Gasteiger partial charge in [0.05, 0.1) is 12.1 Å². The van der Waals surface area contributed by atoms with Gasteiger partial charge in [0.2, 0.25) is 0 Å². The molecule has 5 nitrogen and oxygen atoms in total. The summed E-state index contributed by atoms with van der Waals surface area (Å²) in [5, 5.41) is 21.9. The van der Waals surface area contributed by atoms with E-state index in [2.05, 4.69) is 13.8 Å². The summed E-state index contributed by atoms with van der Waals surface area (Å²) in [5.41, 5.74) is 0.473. The molecule has 0 saturated heterocycles. The third kappa shape index (κ3) is 6.33. The average molecular weight is 351 g/mol. The first-order chi connectivity index (χ1) is 11.6. The molecule has 0 aliphatic carbocycles. The van der Waals surface area contributed by atoms with Crippen molar-refractivity contribution < 1.29 is 15.1 Å². The molecule has 0 unspecified atom stereocenters. The second kappa shape index (κ2) is 9.20. The summed E-state index contributed by atoms with van der Waals surface area (Å²) in [4.78, 5) is 13.4. The van der Waals surface area contributed by atoms with Gasteiger partial charge in [-0.3, -0.25) is 4.90 Å². The Morgan fingerprint density at radius 2 is 1.68 bits per heavy atom. The Labute approximate surface area is 152 Å². The Morgan fingerprint density at radius 1 is 1.12 bits per heavy atom. The van der Waals surface area contributed by atoms with Crippen LogP contribution in [0.4, 0.5) is 4.79 Å². The molecule has 1 amide bonds. The van der Waals surface area contributed by atoms with Gasteiger partial charge in [-0.2, -0.15) is 5.06 Å². The second-order valence-corrected chi connectivity index (χ2v) is 8.08. The molecule has 0 spiro atoms. The van der Waals surface area contributed by atoms with Crippen molar-refractivity contribution in [3.63, 3.8) is 0 Å². The molecule has 0 aliphatic rings. The van der Waals surface area contributed by atoms with Crippen molar-refractivity contribution >= 4 is 6.09 Å². The zero-order valence-corrected chi connectivity index (χ0v) is 16.4. The minimum atomic E-state index is -0.943. The fourth-order valence-corrected chi connectivity index (χ4v) is 3.40. The van der Waals surface area contributed by atoms with Crippen molar-refractivity contribution in [3.8, 4) is 0 Å². The molecular weight excluding hydrogens is 316 g/mol. The van der Waals surface area contributed by atoms with Gasteiger partial charge in [-0.1, -0.05) is 51.1 Å². The van der Waals surface area contributed by atoms with E-state index in [4.69, 9.17) is 0 Å². The van der Waals surface area contributed by atoms with Crippen molar-refractivity contribution in [1.82, 2.24) is 9.96 Å². The van der Waals surface area contributed by atoms with Crippen LogP contribution in [0, 0.1) is 5.92 Å². The van der Waals surface area contributed by atoms with E-state index in [0.29, 0.717) is 18.9 Å². The van der Waals surface area contributed by atoms with Crippen LogP contribution in [0.5, 0.6) is 0 Å². The van der Waals surface area contributed by atoms with Crippen LogP contribution in [0.25, 0.3) is 0 Å². The standard InChI is InChI=1S/C20H34N2O3/c1-7-17(22(19(23)24)20(4,5)6)18(13-15(2)3)21(25)14-16-11-9-8-10-12-16/h8-12,15,17-18,25H,7,13-14H2,1-6H3,(H,23,24)/t17-,18+/m0/s1. The zero-order chi connectivity index (χ0) is 19.2. The first-order valence-electron chi connectivity index (χ1n) is 9.09. The van der Waals surface area contributed by atoms with Gasteiger partial charge in [-0.05, 0) is 45.1 Å². The number of hydroxylamine groups is 2. The van der Waals surface area contributed by atoms with Crippen molar-refractivity contribution in [2.75, 3.05) is 0 Å². The van der Waals surface area contributed by atoms with Gasteiger partial charge in [0, 0.05) is 12.1 Å². The predicted molar refractivity (Wildman–Crippen MR) is 101 cm³/mol. The van der Waals surface area contributed by atoms with E-state index >= 15 is 0 Å². The minimum absolute atomic E-state index is 0.263. The summed E-state index contributed by atoms with van der Waals surface area (Å²) < 4.78 is 0. The molecule has 1 rings (SSSR count). The highest BCUT2D eigenvalue weighted by Crippen LogP contribution is 2.27. The van der Waals surface area contributed by atoms with Crippen molar-refractivity contribution in [2.24, 2.45) is 5.92 Å². The Balaban J connectivity index is 3.14. The van der Waals surface area contributed by atoms with Crippen LogP contribution in [0.15, 0.2) is 30.3 Å². The van der Waals surface area contributed by atoms with Gasteiger partial charge in [0.15, 0.2) is 0 Å². The van der Waals surface area contributed by atoms with E-state index in [1.165, 1.54) is 9.96 Å². The molecule has 142 valence electrons. The van der Waals surface area contributed by atoms with Gasteiger partial charge in [-0.15, -0.1) is 0 Å². The Morgan fingerprint density at radius 3 is 2.08 bits per heavy atom. The molecule has 0 fully saturated rings. The lowest BCUT2D eigenvalue weighted by atomic mass is 9.91. The minimum Gasteiger partial charge on any atom is -0.465 e. The lowest BCUT2D eigenvalue weighted by molar-refractivity contribution is -0.161. The van der Waals surface area contributed by atoms with Gasteiger partial charge in [0.1, 0.15) is 0 Å². The highest BCUT2D eigenvalue weighted by molar-refractivity contribution is 5.66. The summed E-state index contributed by atoms with van der Waals surface area (Å²) in [6.45, 7) is 12.2. The van der Waals surface area contributed by atoms with Crippen molar-refractivity contribution in [1.29, 1.82) is 0 Å². The van der Waals surface area contributed by atoms with Crippen LogP contribution in [-0.2, 0) is 6.54 Å². The lowest BCUT2D eigenvalue weighted by Gasteiger charge is -2.45. The smallest absolute Gasteiger partial charge is 0.408 e. The molecule has 5 heteroatoms. The fraction of sp³-hybridized carbons (Fsp3) is 0.650. The summed E-state index contributed by atoms with van der Waals surface area (Å²) in [6, 6.07) is 9.21. The summed E-state index contributed by atoms with van der Waals surface area (Å²) in [7, 11) is 0. The van der Waals surface area contributed by atoms with Crippen LogP contribution >= 0.6 is 0 Å². The van der Waals surface area contributed by atoms with E-state index in [9.17, 15) is 15.1 Å². The summed E-state index contributed by atoms with van der Waals surface area (Å²) >= 11 is 0. The summed E-state index contributed by atoms with van der Waals surface area (Å²) in [5.74, 6) is 0.347. The highest BCUT2D eigenvalue weighted by Gasteiger charge is 2.39. The topological polar surface area (TPSA) is 64.0 Å². The molecule has 0 heterocycles. The maximum Gasteiger partial charge on any atom is 0.408 e. The first kappa shape index (κ1) is 21.5. The third-order valence-corrected chi connectivity index (χ3v) is 4.41. The number of hydrogen-bond acceptors (Lipinski definition) is 3. The maximum atomic E-state index is 11.9. The lowest BCUT2D eigenvalue weighted by Crippen LogP contribution is -2.58. The third-order valence-electron chi connectivity index (χ3n) is 4.41. The van der Waals surface area contributed by atoms with E-state index in [1.807, 2.05) is 58.0 Å². The molecule has 2 N–H and O–H groups in total.